The fourth-order valence-corrected chi connectivity index (χ4v) is 3.47. The normalized spacial score (nSPS) is 18.5. The molecule has 0 saturated carbocycles. The first-order chi connectivity index (χ1) is 12.3. The van der Waals surface area contributed by atoms with Crippen LogP contribution in [0.25, 0.3) is 5.69 Å². The minimum Gasteiger partial charge on any atom is -0.297 e. The molecule has 3 heterocycles. The van der Waals surface area contributed by atoms with Crippen molar-refractivity contribution in [2.45, 2.75) is 25.9 Å². The number of likely N-dealkylation sites (tertiary alicyclic amines) is 1. The molecule has 25 heavy (non-hydrogen) atoms. The molecule has 4 rings (SSSR count). The first-order valence-electron chi connectivity index (χ1n) is 8.61. The average molecular weight is 340 g/mol. The van der Waals surface area contributed by atoms with E-state index in [1.807, 2.05) is 23.0 Å². The molecule has 1 aromatic carbocycles. The van der Waals surface area contributed by atoms with E-state index in [4.69, 9.17) is 0 Å². The number of halogens is 1. The van der Waals surface area contributed by atoms with Gasteiger partial charge in [-0.05, 0) is 49.6 Å². The summed E-state index contributed by atoms with van der Waals surface area (Å²) in [5, 5.41) is 8.80. The zero-order valence-corrected chi connectivity index (χ0v) is 14.0. The molecule has 0 amide bonds. The molecule has 7 heteroatoms. The first-order valence-corrected chi connectivity index (χ1v) is 8.61. The maximum absolute atomic E-state index is 13.4. The molecule has 1 fully saturated rings. The van der Waals surface area contributed by atoms with Gasteiger partial charge in [0, 0.05) is 25.8 Å². The summed E-state index contributed by atoms with van der Waals surface area (Å²) in [4.78, 5) is 6.44. The van der Waals surface area contributed by atoms with Crippen molar-refractivity contribution in [3.8, 4) is 5.69 Å². The molecular formula is C18H21FN6. The Morgan fingerprint density at radius 3 is 3.04 bits per heavy atom. The molecule has 130 valence electrons. The third kappa shape index (κ3) is 3.93. The van der Waals surface area contributed by atoms with E-state index < -0.39 is 0 Å². The van der Waals surface area contributed by atoms with Gasteiger partial charge in [0.1, 0.15) is 18.5 Å². The minimum atomic E-state index is -0.249. The summed E-state index contributed by atoms with van der Waals surface area (Å²) in [6, 6.07) is 8.50. The van der Waals surface area contributed by atoms with Crippen LogP contribution in [0.5, 0.6) is 0 Å². The Morgan fingerprint density at radius 2 is 2.20 bits per heavy atom. The highest BCUT2D eigenvalue weighted by atomic mass is 19.1. The lowest BCUT2D eigenvalue weighted by Crippen LogP contribution is -2.36. The van der Waals surface area contributed by atoms with Crippen molar-refractivity contribution in [2.24, 2.45) is 5.92 Å². The van der Waals surface area contributed by atoms with E-state index in [-0.39, 0.29) is 5.82 Å². The van der Waals surface area contributed by atoms with Gasteiger partial charge in [-0.15, -0.1) is 0 Å². The quantitative estimate of drug-likeness (QED) is 0.716. The molecule has 0 bridgehead atoms. The summed E-state index contributed by atoms with van der Waals surface area (Å²) in [6.07, 6.45) is 7.65. The van der Waals surface area contributed by atoms with Crippen LogP contribution in [0.1, 0.15) is 18.5 Å². The number of hydrogen-bond acceptors (Lipinski definition) is 4. The van der Waals surface area contributed by atoms with Crippen LogP contribution in [-0.2, 0) is 13.1 Å². The second-order valence-corrected chi connectivity index (χ2v) is 6.59. The van der Waals surface area contributed by atoms with Crippen molar-refractivity contribution >= 4 is 0 Å². The smallest absolute Gasteiger partial charge is 0.137 e. The third-order valence-electron chi connectivity index (χ3n) is 4.62. The number of nitrogens with zero attached hydrogens (tertiary/aromatic N) is 6. The van der Waals surface area contributed by atoms with E-state index in [1.165, 1.54) is 25.0 Å². The summed E-state index contributed by atoms with van der Waals surface area (Å²) in [7, 11) is 0. The number of rotatable bonds is 5. The van der Waals surface area contributed by atoms with Gasteiger partial charge in [0.25, 0.3) is 0 Å². The van der Waals surface area contributed by atoms with Crippen molar-refractivity contribution < 1.29 is 4.39 Å². The van der Waals surface area contributed by atoms with E-state index in [0.29, 0.717) is 5.92 Å². The summed E-state index contributed by atoms with van der Waals surface area (Å²) in [5.41, 5.74) is 1.75. The first kappa shape index (κ1) is 16.0. The Kier molecular flexibility index (Phi) is 4.56. The van der Waals surface area contributed by atoms with Crippen molar-refractivity contribution in [3.05, 3.63) is 60.7 Å². The summed E-state index contributed by atoms with van der Waals surface area (Å²) < 4.78 is 17.0. The van der Waals surface area contributed by atoms with Gasteiger partial charge in [-0.3, -0.25) is 9.58 Å². The molecule has 0 aliphatic carbocycles. The van der Waals surface area contributed by atoms with Crippen LogP contribution >= 0.6 is 0 Å². The van der Waals surface area contributed by atoms with E-state index in [9.17, 15) is 4.39 Å². The zero-order valence-electron chi connectivity index (χ0n) is 14.0. The van der Waals surface area contributed by atoms with Crippen LogP contribution in [0.15, 0.2) is 49.2 Å². The molecule has 0 spiro atoms. The molecule has 0 unspecified atom stereocenters. The topological polar surface area (TPSA) is 51.8 Å². The van der Waals surface area contributed by atoms with Crippen molar-refractivity contribution in [1.29, 1.82) is 0 Å². The van der Waals surface area contributed by atoms with Gasteiger partial charge >= 0.3 is 0 Å². The fraction of sp³-hybridized carbons (Fsp3) is 0.389. The van der Waals surface area contributed by atoms with E-state index in [1.54, 1.807) is 23.4 Å². The molecular weight excluding hydrogens is 319 g/mol. The van der Waals surface area contributed by atoms with Crippen molar-refractivity contribution in [2.75, 3.05) is 13.1 Å². The maximum Gasteiger partial charge on any atom is 0.137 e. The summed E-state index contributed by atoms with van der Waals surface area (Å²) >= 11 is 0. The lowest BCUT2D eigenvalue weighted by molar-refractivity contribution is 0.151. The lowest BCUT2D eigenvalue weighted by Gasteiger charge is -2.32. The highest BCUT2D eigenvalue weighted by Crippen LogP contribution is 2.20. The Balaban J connectivity index is 1.38. The molecule has 1 aliphatic rings. The largest absolute Gasteiger partial charge is 0.297 e. The summed E-state index contributed by atoms with van der Waals surface area (Å²) in [6.45, 7) is 3.85. The molecule has 1 saturated heterocycles. The molecule has 3 aromatic rings. The second-order valence-electron chi connectivity index (χ2n) is 6.59. The lowest BCUT2D eigenvalue weighted by atomic mass is 9.98. The number of benzene rings is 1. The molecule has 1 atom stereocenters. The van der Waals surface area contributed by atoms with E-state index in [0.717, 1.165) is 37.6 Å². The number of piperidine rings is 1. The van der Waals surface area contributed by atoms with Crippen LogP contribution in [0.2, 0.25) is 0 Å². The maximum atomic E-state index is 13.4. The van der Waals surface area contributed by atoms with Gasteiger partial charge in [0.2, 0.25) is 0 Å². The molecule has 2 aromatic heterocycles. The molecule has 6 nitrogen and oxygen atoms in total. The highest BCUT2D eigenvalue weighted by Gasteiger charge is 2.21. The van der Waals surface area contributed by atoms with Gasteiger partial charge in [-0.25, -0.2) is 14.1 Å². The van der Waals surface area contributed by atoms with Crippen LogP contribution in [0.4, 0.5) is 4.39 Å². The van der Waals surface area contributed by atoms with Gasteiger partial charge in [-0.1, -0.05) is 6.07 Å². The molecule has 0 radical (unpaired) electrons. The molecule has 0 N–H and O–H groups in total. The van der Waals surface area contributed by atoms with Crippen LogP contribution < -0.4 is 0 Å². The summed E-state index contributed by atoms with van der Waals surface area (Å²) in [5.74, 6) is 0.335. The van der Waals surface area contributed by atoms with Gasteiger partial charge < -0.3 is 0 Å². The third-order valence-corrected chi connectivity index (χ3v) is 4.62. The van der Waals surface area contributed by atoms with E-state index in [2.05, 4.69) is 20.1 Å². The Morgan fingerprint density at radius 1 is 1.24 bits per heavy atom. The van der Waals surface area contributed by atoms with Crippen LogP contribution in [-0.4, -0.2) is 42.5 Å². The fourth-order valence-electron chi connectivity index (χ4n) is 3.47. The van der Waals surface area contributed by atoms with Crippen LogP contribution in [0.3, 0.4) is 0 Å². The molecule has 1 aliphatic heterocycles. The van der Waals surface area contributed by atoms with Gasteiger partial charge in [-0.2, -0.15) is 10.2 Å². The number of aromatic nitrogens is 5. The Bertz CT molecular complexity index is 813. The highest BCUT2D eigenvalue weighted by molar-refractivity contribution is 5.31. The zero-order chi connectivity index (χ0) is 17.1. The Hall–Kier alpha value is -2.54. The SMILES string of the molecule is Fc1cccc(-n2ccc(CN3CCC[C@H](Cn4cncn4)C3)n2)c1. The van der Waals surface area contributed by atoms with Crippen molar-refractivity contribution in [3.63, 3.8) is 0 Å². The van der Waals surface area contributed by atoms with E-state index >= 15 is 0 Å². The second kappa shape index (κ2) is 7.14. The van der Waals surface area contributed by atoms with Crippen LogP contribution in [0, 0.1) is 11.7 Å². The predicted molar refractivity (Wildman–Crippen MR) is 91.5 cm³/mol. The standard InChI is InChI=1S/C18H21FN6/c19-16-4-1-5-18(9-16)25-8-6-17(22-25)12-23-7-2-3-15(10-23)11-24-14-20-13-21-24/h1,4-6,8-9,13-15H,2-3,7,10-12H2/t15-/m0/s1. The Labute approximate surface area is 145 Å². The van der Waals surface area contributed by atoms with Gasteiger partial charge in [0.05, 0.1) is 11.4 Å². The minimum absolute atomic E-state index is 0.249. The van der Waals surface area contributed by atoms with Gasteiger partial charge in [0.15, 0.2) is 0 Å². The number of hydrogen-bond donors (Lipinski definition) is 0. The monoisotopic (exact) mass is 340 g/mol. The predicted octanol–water partition coefficient (Wildman–Crippen LogP) is 2.52. The van der Waals surface area contributed by atoms with Crippen molar-refractivity contribution in [1.82, 2.24) is 29.4 Å². The average Bonchev–Trinajstić information content (AvgIpc) is 3.27.